The molecule has 0 amide bonds. The van der Waals surface area contributed by atoms with Crippen LogP contribution in [0.4, 0.5) is 43.9 Å². The van der Waals surface area contributed by atoms with E-state index in [0.29, 0.717) is 0 Å². The Hall–Kier alpha value is -0.740. The van der Waals surface area contributed by atoms with E-state index in [1.54, 1.807) is 0 Å². The minimum absolute atomic E-state index is 0.100. The third-order valence-corrected chi connectivity index (χ3v) is 2.48. The summed E-state index contributed by atoms with van der Waals surface area (Å²) in [6, 6.07) is 0. The Morgan fingerprint density at radius 2 is 1.24 bits per heavy atom. The second-order valence-corrected chi connectivity index (χ2v) is 4.41. The predicted octanol–water partition coefficient (Wildman–Crippen LogP) is 5.30. The Labute approximate surface area is 113 Å². The second kappa shape index (κ2) is 5.81. The number of alkyl halides is 10. The zero-order chi connectivity index (χ0) is 17.3. The minimum atomic E-state index is -6.36. The number of unbranched alkanes of at least 4 members (excludes halogenated alkanes) is 1. The first-order chi connectivity index (χ1) is 9.02. The van der Waals surface area contributed by atoms with Gasteiger partial charge in [-0.1, -0.05) is 13.3 Å². The fraction of sp³-hybridized carbons (Fsp3) is 1.00. The maximum atomic E-state index is 13.5. The van der Waals surface area contributed by atoms with E-state index in [9.17, 15) is 43.9 Å². The van der Waals surface area contributed by atoms with Gasteiger partial charge in [0.2, 0.25) is 0 Å². The molecule has 0 N–H and O–H groups in total. The summed E-state index contributed by atoms with van der Waals surface area (Å²) in [7, 11) is 0. The average molecular weight is 338 g/mol. The van der Waals surface area contributed by atoms with E-state index >= 15 is 0 Å². The molecule has 1 nitrogen and oxygen atoms in total. The number of hydrogen-bond acceptors (Lipinski definition) is 1. The molecular weight excluding hydrogens is 326 g/mol. The van der Waals surface area contributed by atoms with Crippen LogP contribution in [0.2, 0.25) is 0 Å². The van der Waals surface area contributed by atoms with Gasteiger partial charge in [0.15, 0.2) is 0 Å². The van der Waals surface area contributed by atoms with Gasteiger partial charge in [0.25, 0.3) is 0 Å². The molecule has 0 heterocycles. The molecule has 0 bridgehead atoms. The lowest BCUT2D eigenvalue weighted by Crippen LogP contribution is -2.59. The van der Waals surface area contributed by atoms with E-state index in [4.69, 9.17) is 0 Å². The fourth-order valence-electron chi connectivity index (χ4n) is 1.18. The lowest BCUT2D eigenvalue weighted by molar-refractivity contribution is -0.470. The monoisotopic (exact) mass is 338 g/mol. The van der Waals surface area contributed by atoms with Crippen molar-refractivity contribution >= 4 is 0 Å². The summed E-state index contributed by atoms with van der Waals surface area (Å²) in [5, 5.41) is 0. The molecule has 0 rings (SSSR count). The molecule has 21 heavy (non-hydrogen) atoms. The second-order valence-electron chi connectivity index (χ2n) is 4.41. The van der Waals surface area contributed by atoms with Crippen LogP contribution in [-0.4, -0.2) is 30.0 Å². The Kier molecular flexibility index (Phi) is 5.60. The molecule has 11 heteroatoms. The van der Waals surface area contributed by atoms with Gasteiger partial charge < -0.3 is 0 Å². The van der Waals surface area contributed by atoms with Gasteiger partial charge in [0.05, 0.1) is 0 Å². The number of ether oxygens (including phenoxy) is 1. The maximum absolute atomic E-state index is 13.5. The van der Waals surface area contributed by atoms with Gasteiger partial charge in [0, 0.05) is 13.3 Å². The van der Waals surface area contributed by atoms with Gasteiger partial charge in [-0.3, -0.25) is 4.74 Å². The number of halogens is 10. The maximum Gasteiger partial charge on any atom is 0.448 e. The van der Waals surface area contributed by atoms with Crippen molar-refractivity contribution in [1.29, 1.82) is 0 Å². The molecule has 0 aliphatic rings. The third-order valence-electron chi connectivity index (χ3n) is 2.48. The molecule has 0 aliphatic heterocycles. The van der Waals surface area contributed by atoms with E-state index in [1.165, 1.54) is 6.92 Å². The zero-order valence-electron chi connectivity index (χ0n) is 10.8. The summed E-state index contributed by atoms with van der Waals surface area (Å²) in [6.45, 7) is 0.619. The Balaban J connectivity index is 5.53. The molecular formula is C10H12F10O. The third kappa shape index (κ3) is 4.13. The van der Waals surface area contributed by atoms with Crippen molar-refractivity contribution in [3.05, 3.63) is 0 Å². The van der Waals surface area contributed by atoms with Crippen molar-refractivity contribution in [2.75, 3.05) is 0 Å². The number of hydrogen-bond donors (Lipinski definition) is 0. The van der Waals surface area contributed by atoms with E-state index in [2.05, 4.69) is 4.74 Å². The molecule has 0 saturated heterocycles. The topological polar surface area (TPSA) is 9.23 Å². The van der Waals surface area contributed by atoms with Crippen molar-refractivity contribution in [2.45, 2.75) is 63.1 Å². The van der Waals surface area contributed by atoms with Crippen LogP contribution in [0.3, 0.4) is 0 Å². The largest absolute Gasteiger partial charge is 0.448 e. The SMILES string of the molecule is CCCCC(F)(OC(F)(F)C(F)(F)C(C)(F)F)C(F)(F)F. The van der Waals surface area contributed by atoms with Crippen LogP contribution >= 0.6 is 0 Å². The zero-order valence-corrected chi connectivity index (χ0v) is 10.8. The van der Waals surface area contributed by atoms with Gasteiger partial charge in [0.1, 0.15) is 0 Å². The molecule has 0 aromatic carbocycles. The highest BCUT2D eigenvalue weighted by atomic mass is 19.4. The van der Waals surface area contributed by atoms with E-state index < -0.39 is 49.8 Å². The molecule has 128 valence electrons. The molecule has 0 saturated carbocycles. The van der Waals surface area contributed by atoms with Crippen LogP contribution in [0.25, 0.3) is 0 Å². The summed E-state index contributed by atoms with van der Waals surface area (Å²) in [6.07, 6.45) is -14.9. The molecule has 0 fully saturated rings. The van der Waals surface area contributed by atoms with Crippen molar-refractivity contribution in [3.63, 3.8) is 0 Å². The van der Waals surface area contributed by atoms with Gasteiger partial charge in [-0.25, -0.2) is 4.39 Å². The van der Waals surface area contributed by atoms with E-state index in [1.807, 2.05) is 0 Å². The van der Waals surface area contributed by atoms with Crippen LogP contribution in [0, 0.1) is 0 Å². The summed E-state index contributed by atoms with van der Waals surface area (Å²) < 4.78 is 129. The molecule has 0 aromatic heterocycles. The van der Waals surface area contributed by atoms with Crippen LogP contribution < -0.4 is 0 Å². The summed E-state index contributed by atoms with van der Waals surface area (Å²) in [5.74, 6) is -16.9. The normalized spacial score (nSPS) is 17.7. The van der Waals surface area contributed by atoms with Crippen molar-refractivity contribution in [1.82, 2.24) is 0 Å². The average Bonchev–Trinajstić information content (AvgIpc) is 2.22. The highest BCUT2D eigenvalue weighted by Gasteiger charge is 2.75. The van der Waals surface area contributed by atoms with Gasteiger partial charge in [-0.2, -0.15) is 39.5 Å². The standard InChI is InChI=1S/C10H12F10O/c1-3-4-5-7(13,9(16,17)18)21-10(19,20)8(14,15)6(2,11)12/h3-5H2,1-2H3. The van der Waals surface area contributed by atoms with Crippen LogP contribution in [0.1, 0.15) is 33.1 Å². The molecule has 0 radical (unpaired) electrons. The first-order valence-electron chi connectivity index (χ1n) is 5.61. The fourth-order valence-corrected chi connectivity index (χ4v) is 1.18. The molecule has 1 unspecified atom stereocenters. The van der Waals surface area contributed by atoms with Gasteiger partial charge in [-0.15, -0.1) is 0 Å². The minimum Gasteiger partial charge on any atom is -0.269 e. The van der Waals surface area contributed by atoms with Crippen LogP contribution in [-0.2, 0) is 4.74 Å². The van der Waals surface area contributed by atoms with Crippen molar-refractivity contribution in [2.24, 2.45) is 0 Å². The summed E-state index contributed by atoms with van der Waals surface area (Å²) in [5.41, 5.74) is 0. The predicted molar refractivity (Wildman–Crippen MR) is 51.0 cm³/mol. The number of rotatable bonds is 7. The lowest BCUT2D eigenvalue weighted by Gasteiger charge is -2.36. The smallest absolute Gasteiger partial charge is 0.269 e. The highest BCUT2D eigenvalue weighted by molar-refractivity contribution is 4.91. The molecule has 0 aromatic rings. The first kappa shape index (κ1) is 20.3. The molecule has 0 spiro atoms. The highest BCUT2D eigenvalue weighted by Crippen LogP contribution is 2.51. The van der Waals surface area contributed by atoms with Crippen LogP contribution in [0.5, 0.6) is 0 Å². The van der Waals surface area contributed by atoms with E-state index in [0.717, 1.165) is 0 Å². The van der Waals surface area contributed by atoms with Crippen molar-refractivity contribution < 1.29 is 48.6 Å². The Bertz CT molecular complexity index is 345. The lowest BCUT2D eigenvalue weighted by atomic mass is 10.1. The Morgan fingerprint density at radius 1 is 0.810 bits per heavy atom. The molecule has 0 aliphatic carbocycles. The molecule has 1 atom stereocenters. The van der Waals surface area contributed by atoms with E-state index in [-0.39, 0.29) is 6.42 Å². The quantitative estimate of drug-likeness (QED) is 0.572. The van der Waals surface area contributed by atoms with Gasteiger partial charge in [-0.05, 0) is 6.42 Å². The summed E-state index contributed by atoms with van der Waals surface area (Å²) >= 11 is 0. The van der Waals surface area contributed by atoms with Crippen LogP contribution in [0.15, 0.2) is 0 Å². The van der Waals surface area contributed by atoms with Crippen molar-refractivity contribution in [3.8, 4) is 0 Å². The summed E-state index contributed by atoms with van der Waals surface area (Å²) in [4.78, 5) is 0. The Morgan fingerprint density at radius 3 is 1.52 bits per heavy atom. The first-order valence-corrected chi connectivity index (χ1v) is 5.61. The van der Waals surface area contributed by atoms with Gasteiger partial charge >= 0.3 is 30.0 Å².